The summed E-state index contributed by atoms with van der Waals surface area (Å²) in [5.74, 6) is 0.0915. The number of benzene rings is 1. The van der Waals surface area contributed by atoms with Crippen LogP contribution in [0.2, 0.25) is 0 Å². The molecule has 0 saturated carbocycles. The van der Waals surface area contributed by atoms with Crippen molar-refractivity contribution in [3.8, 4) is 0 Å². The smallest absolute Gasteiger partial charge is 0.241 e. The predicted octanol–water partition coefficient (Wildman–Crippen LogP) is 2.72. The van der Waals surface area contributed by atoms with Gasteiger partial charge < -0.3 is 10.6 Å². The molecule has 1 saturated heterocycles. The van der Waals surface area contributed by atoms with Gasteiger partial charge in [0.25, 0.3) is 0 Å². The predicted molar refractivity (Wildman–Crippen MR) is 74.7 cm³/mol. The average Bonchev–Trinajstić information content (AvgIpc) is 2.92. The number of unbranched alkanes of at least 4 members (excludes halogenated alkanes) is 1. The quantitative estimate of drug-likeness (QED) is 0.838. The third-order valence-electron chi connectivity index (χ3n) is 3.42. The second-order valence-corrected chi connectivity index (χ2v) is 4.94. The van der Waals surface area contributed by atoms with Crippen LogP contribution in [0.1, 0.15) is 38.2 Å². The fourth-order valence-electron chi connectivity index (χ4n) is 2.27. The third-order valence-corrected chi connectivity index (χ3v) is 3.42. The lowest BCUT2D eigenvalue weighted by atomic mass is 10.1. The fraction of sp³-hybridized carbons (Fsp3) is 0.533. The number of hydrogen-bond donors (Lipinski definition) is 2. The second kappa shape index (κ2) is 6.55. The van der Waals surface area contributed by atoms with Crippen LogP contribution in [0.25, 0.3) is 0 Å². The van der Waals surface area contributed by atoms with E-state index in [9.17, 15) is 4.79 Å². The van der Waals surface area contributed by atoms with Crippen LogP contribution in [-0.4, -0.2) is 18.5 Å². The number of nitrogens with one attached hydrogen (secondary N) is 2. The Balaban J connectivity index is 1.87. The number of carbonyl (C=O) groups is 1. The molecule has 0 spiro atoms. The first-order valence-electron chi connectivity index (χ1n) is 6.93. The zero-order chi connectivity index (χ0) is 12.8. The number of anilines is 1. The van der Waals surface area contributed by atoms with Crippen molar-refractivity contribution in [1.82, 2.24) is 5.32 Å². The summed E-state index contributed by atoms with van der Waals surface area (Å²) in [6.45, 7) is 3.15. The first-order valence-corrected chi connectivity index (χ1v) is 6.93. The molecule has 1 aliphatic heterocycles. The summed E-state index contributed by atoms with van der Waals surface area (Å²) in [6.07, 6.45) is 5.59. The maximum atomic E-state index is 11.9. The summed E-state index contributed by atoms with van der Waals surface area (Å²) in [4.78, 5) is 11.9. The summed E-state index contributed by atoms with van der Waals surface area (Å²) in [5.41, 5.74) is 2.24. The van der Waals surface area contributed by atoms with Gasteiger partial charge in [-0.1, -0.05) is 25.5 Å². The third kappa shape index (κ3) is 3.57. The first kappa shape index (κ1) is 13.1. The minimum atomic E-state index is -0.00947. The molecule has 2 rings (SSSR count). The average molecular weight is 246 g/mol. The van der Waals surface area contributed by atoms with Gasteiger partial charge in [-0.3, -0.25) is 4.79 Å². The maximum Gasteiger partial charge on any atom is 0.241 e. The van der Waals surface area contributed by atoms with Gasteiger partial charge >= 0.3 is 0 Å². The zero-order valence-corrected chi connectivity index (χ0v) is 11.0. The van der Waals surface area contributed by atoms with Crippen LogP contribution in [-0.2, 0) is 11.2 Å². The first-order chi connectivity index (χ1) is 8.79. The van der Waals surface area contributed by atoms with Crippen LogP contribution in [0.5, 0.6) is 0 Å². The highest BCUT2D eigenvalue weighted by atomic mass is 16.2. The van der Waals surface area contributed by atoms with Crippen molar-refractivity contribution >= 4 is 11.6 Å². The number of hydrogen-bond acceptors (Lipinski definition) is 2. The molecule has 3 nitrogen and oxygen atoms in total. The molecular weight excluding hydrogens is 224 g/mol. The highest BCUT2D eigenvalue weighted by molar-refractivity contribution is 5.95. The Morgan fingerprint density at radius 1 is 1.39 bits per heavy atom. The van der Waals surface area contributed by atoms with Crippen LogP contribution in [0.15, 0.2) is 24.3 Å². The standard InChI is InChI=1S/C15H22N2O/c1-2-3-5-12-7-9-13(10-8-12)17-15(18)14-6-4-11-16-14/h7-10,14,16H,2-6,11H2,1H3,(H,17,18)/t14-/m0/s1. The van der Waals surface area contributed by atoms with Crippen molar-refractivity contribution in [2.45, 2.75) is 45.1 Å². The van der Waals surface area contributed by atoms with E-state index >= 15 is 0 Å². The van der Waals surface area contributed by atoms with E-state index in [0.717, 1.165) is 31.5 Å². The Bertz CT molecular complexity index is 380. The molecule has 98 valence electrons. The molecule has 1 aromatic rings. The van der Waals surface area contributed by atoms with E-state index in [2.05, 4.69) is 29.7 Å². The van der Waals surface area contributed by atoms with Crippen molar-refractivity contribution in [1.29, 1.82) is 0 Å². The van der Waals surface area contributed by atoms with E-state index in [1.54, 1.807) is 0 Å². The number of aryl methyl sites for hydroxylation is 1. The van der Waals surface area contributed by atoms with Gasteiger partial charge in [-0.15, -0.1) is 0 Å². The molecule has 0 aliphatic carbocycles. The molecule has 0 unspecified atom stereocenters. The molecule has 1 atom stereocenters. The van der Waals surface area contributed by atoms with Gasteiger partial charge in [-0.25, -0.2) is 0 Å². The number of amides is 1. The molecule has 1 aliphatic rings. The summed E-state index contributed by atoms with van der Waals surface area (Å²) >= 11 is 0. The lowest BCUT2D eigenvalue weighted by Gasteiger charge is -2.11. The van der Waals surface area contributed by atoms with Gasteiger partial charge in [-0.05, 0) is 49.9 Å². The molecular formula is C15H22N2O. The fourth-order valence-corrected chi connectivity index (χ4v) is 2.27. The molecule has 0 bridgehead atoms. The normalized spacial score (nSPS) is 18.8. The van der Waals surface area contributed by atoms with Gasteiger partial charge in [0.15, 0.2) is 0 Å². The van der Waals surface area contributed by atoms with Gasteiger partial charge in [-0.2, -0.15) is 0 Å². The van der Waals surface area contributed by atoms with Crippen LogP contribution < -0.4 is 10.6 Å². The Morgan fingerprint density at radius 3 is 2.78 bits per heavy atom. The summed E-state index contributed by atoms with van der Waals surface area (Å²) in [5, 5.41) is 6.17. The van der Waals surface area contributed by atoms with Gasteiger partial charge in [0.1, 0.15) is 0 Å². The van der Waals surface area contributed by atoms with E-state index in [1.807, 2.05) is 12.1 Å². The second-order valence-electron chi connectivity index (χ2n) is 4.94. The van der Waals surface area contributed by atoms with Crippen molar-refractivity contribution in [3.63, 3.8) is 0 Å². The van der Waals surface area contributed by atoms with E-state index < -0.39 is 0 Å². The molecule has 0 radical (unpaired) electrons. The Hall–Kier alpha value is -1.35. The molecule has 1 fully saturated rings. The SMILES string of the molecule is CCCCc1ccc(NC(=O)[C@@H]2CCCN2)cc1. The zero-order valence-electron chi connectivity index (χ0n) is 11.0. The minimum Gasteiger partial charge on any atom is -0.325 e. The monoisotopic (exact) mass is 246 g/mol. The van der Waals surface area contributed by atoms with Gasteiger partial charge in [0.05, 0.1) is 6.04 Å². The molecule has 2 N–H and O–H groups in total. The van der Waals surface area contributed by atoms with Crippen LogP contribution >= 0.6 is 0 Å². The van der Waals surface area contributed by atoms with E-state index in [-0.39, 0.29) is 11.9 Å². The number of rotatable bonds is 5. The lowest BCUT2D eigenvalue weighted by molar-refractivity contribution is -0.117. The molecule has 0 aromatic heterocycles. The Kier molecular flexibility index (Phi) is 4.76. The molecule has 18 heavy (non-hydrogen) atoms. The Labute approximate surface area is 109 Å². The summed E-state index contributed by atoms with van der Waals surface area (Å²) in [6, 6.07) is 8.20. The van der Waals surface area contributed by atoms with E-state index in [4.69, 9.17) is 0 Å². The molecule has 1 amide bonds. The molecule has 1 aromatic carbocycles. The van der Waals surface area contributed by atoms with Gasteiger partial charge in [0.2, 0.25) is 5.91 Å². The van der Waals surface area contributed by atoms with Crippen LogP contribution in [0, 0.1) is 0 Å². The van der Waals surface area contributed by atoms with Crippen molar-refractivity contribution in [2.75, 3.05) is 11.9 Å². The maximum absolute atomic E-state index is 11.9. The van der Waals surface area contributed by atoms with E-state index in [0.29, 0.717) is 0 Å². The van der Waals surface area contributed by atoms with Crippen LogP contribution in [0.4, 0.5) is 5.69 Å². The largest absolute Gasteiger partial charge is 0.325 e. The van der Waals surface area contributed by atoms with Crippen molar-refractivity contribution < 1.29 is 4.79 Å². The van der Waals surface area contributed by atoms with E-state index in [1.165, 1.54) is 18.4 Å². The van der Waals surface area contributed by atoms with Crippen molar-refractivity contribution in [2.24, 2.45) is 0 Å². The topological polar surface area (TPSA) is 41.1 Å². The lowest BCUT2D eigenvalue weighted by Crippen LogP contribution is -2.35. The number of carbonyl (C=O) groups excluding carboxylic acids is 1. The molecule has 1 heterocycles. The minimum absolute atomic E-state index is 0.00947. The van der Waals surface area contributed by atoms with Crippen LogP contribution in [0.3, 0.4) is 0 Å². The highest BCUT2D eigenvalue weighted by Crippen LogP contribution is 2.13. The Morgan fingerprint density at radius 2 is 2.17 bits per heavy atom. The summed E-state index contributed by atoms with van der Waals surface area (Å²) < 4.78 is 0. The molecule has 3 heteroatoms. The van der Waals surface area contributed by atoms with Crippen molar-refractivity contribution in [3.05, 3.63) is 29.8 Å². The van der Waals surface area contributed by atoms with Gasteiger partial charge in [0, 0.05) is 5.69 Å². The highest BCUT2D eigenvalue weighted by Gasteiger charge is 2.21. The summed E-state index contributed by atoms with van der Waals surface area (Å²) in [7, 11) is 0.